The van der Waals surface area contributed by atoms with E-state index in [1.807, 2.05) is 0 Å². The molecule has 172 valence electrons. The highest BCUT2D eigenvalue weighted by Gasteiger charge is 2.34. The summed E-state index contributed by atoms with van der Waals surface area (Å²) in [6, 6.07) is 3.50. The summed E-state index contributed by atoms with van der Waals surface area (Å²) < 4.78 is 71.0. The van der Waals surface area contributed by atoms with Gasteiger partial charge < -0.3 is 9.64 Å². The van der Waals surface area contributed by atoms with E-state index in [4.69, 9.17) is 4.74 Å². The molecule has 0 heterocycles. The third kappa shape index (κ3) is 6.67. The fourth-order valence-corrected chi connectivity index (χ4v) is 5.25. The first kappa shape index (κ1) is 25.1. The molecule has 1 aromatic carbocycles. The van der Waals surface area contributed by atoms with Crippen molar-refractivity contribution < 1.29 is 26.3 Å². The Balaban J connectivity index is 1.84. The van der Waals surface area contributed by atoms with E-state index in [1.54, 1.807) is 0 Å². The lowest BCUT2D eigenvalue weighted by Crippen LogP contribution is -2.40. The highest BCUT2D eigenvalue weighted by molar-refractivity contribution is 7.89. The quantitative estimate of drug-likeness (QED) is 0.496. The standard InChI is InChI=1S/C21H33F3N2O3S/c1-4-26(5-2)15-6-16-29-19-11-9-18(10-12-19)25(3)30(27,28)20-13-7-17(8-14-20)21(22,23)24/h7-8,13-14,18-19H,4-6,9-12,15-16H2,1-3H3/t18-,19-. The molecule has 0 atom stereocenters. The molecule has 0 N–H and O–H groups in total. The van der Waals surface area contributed by atoms with Crippen molar-refractivity contribution in [2.75, 3.05) is 33.3 Å². The highest BCUT2D eigenvalue weighted by Crippen LogP contribution is 2.32. The van der Waals surface area contributed by atoms with Gasteiger partial charge in [0.1, 0.15) is 0 Å². The van der Waals surface area contributed by atoms with Gasteiger partial charge in [-0.15, -0.1) is 0 Å². The summed E-state index contributed by atoms with van der Waals surface area (Å²) in [5, 5.41) is 0. The molecular formula is C21H33F3N2O3S. The number of hydrogen-bond acceptors (Lipinski definition) is 4. The van der Waals surface area contributed by atoms with Crippen LogP contribution in [0, 0.1) is 0 Å². The van der Waals surface area contributed by atoms with Crippen molar-refractivity contribution in [2.24, 2.45) is 0 Å². The van der Waals surface area contributed by atoms with Crippen molar-refractivity contribution in [3.63, 3.8) is 0 Å². The topological polar surface area (TPSA) is 49.9 Å². The van der Waals surface area contributed by atoms with Crippen molar-refractivity contribution in [1.29, 1.82) is 0 Å². The number of nitrogens with zero attached hydrogens (tertiary/aromatic N) is 2. The molecule has 0 radical (unpaired) electrons. The lowest BCUT2D eigenvalue weighted by Gasteiger charge is -2.34. The lowest BCUT2D eigenvalue weighted by atomic mass is 9.93. The van der Waals surface area contributed by atoms with E-state index in [-0.39, 0.29) is 17.0 Å². The largest absolute Gasteiger partial charge is 0.416 e. The van der Waals surface area contributed by atoms with E-state index in [9.17, 15) is 21.6 Å². The zero-order valence-corrected chi connectivity index (χ0v) is 18.8. The van der Waals surface area contributed by atoms with Crippen LogP contribution >= 0.6 is 0 Å². The molecule has 1 saturated carbocycles. The Morgan fingerprint density at radius 3 is 2.10 bits per heavy atom. The molecule has 0 amide bonds. The number of ether oxygens (including phenoxy) is 1. The SMILES string of the molecule is CCN(CC)CCCO[C@H]1CC[C@H](N(C)S(=O)(=O)c2ccc(C(F)(F)F)cc2)CC1. The maximum absolute atomic E-state index is 12.8. The molecule has 0 bridgehead atoms. The predicted molar refractivity (Wildman–Crippen MR) is 111 cm³/mol. The summed E-state index contributed by atoms with van der Waals surface area (Å²) >= 11 is 0. The maximum Gasteiger partial charge on any atom is 0.416 e. The second kappa shape index (κ2) is 10.9. The summed E-state index contributed by atoms with van der Waals surface area (Å²) in [5.74, 6) is 0. The van der Waals surface area contributed by atoms with Gasteiger partial charge in [0, 0.05) is 26.2 Å². The summed E-state index contributed by atoms with van der Waals surface area (Å²) in [6.45, 7) is 8.05. The van der Waals surface area contributed by atoms with E-state index < -0.39 is 21.8 Å². The number of alkyl halides is 3. The minimum Gasteiger partial charge on any atom is -0.378 e. The van der Waals surface area contributed by atoms with Gasteiger partial charge in [-0.3, -0.25) is 0 Å². The van der Waals surface area contributed by atoms with Crippen LogP contribution in [0.2, 0.25) is 0 Å². The van der Waals surface area contributed by atoms with Crippen molar-refractivity contribution in [1.82, 2.24) is 9.21 Å². The summed E-state index contributed by atoms with van der Waals surface area (Å²) in [7, 11) is -2.33. The molecular weight excluding hydrogens is 417 g/mol. The third-order valence-electron chi connectivity index (χ3n) is 5.88. The fraction of sp³-hybridized carbons (Fsp3) is 0.714. The van der Waals surface area contributed by atoms with Gasteiger partial charge in [-0.25, -0.2) is 8.42 Å². The Kier molecular flexibility index (Phi) is 9.14. The zero-order chi connectivity index (χ0) is 22.4. The van der Waals surface area contributed by atoms with Crippen molar-refractivity contribution in [3.8, 4) is 0 Å². The van der Waals surface area contributed by atoms with E-state index in [1.165, 1.54) is 11.4 Å². The van der Waals surface area contributed by atoms with E-state index >= 15 is 0 Å². The molecule has 5 nitrogen and oxygen atoms in total. The van der Waals surface area contributed by atoms with E-state index in [0.717, 1.165) is 63.2 Å². The Bertz CT molecular complexity index is 742. The van der Waals surface area contributed by atoms with Crippen LogP contribution in [0.25, 0.3) is 0 Å². The maximum atomic E-state index is 12.8. The Morgan fingerprint density at radius 1 is 1.03 bits per heavy atom. The monoisotopic (exact) mass is 450 g/mol. The molecule has 0 aromatic heterocycles. The third-order valence-corrected chi connectivity index (χ3v) is 7.81. The number of sulfonamides is 1. The van der Waals surface area contributed by atoms with Gasteiger partial charge in [0.15, 0.2) is 0 Å². The van der Waals surface area contributed by atoms with Crippen LogP contribution in [0.4, 0.5) is 13.2 Å². The van der Waals surface area contributed by atoms with Gasteiger partial charge in [-0.1, -0.05) is 13.8 Å². The van der Waals surface area contributed by atoms with Crippen LogP contribution in [0.3, 0.4) is 0 Å². The fourth-order valence-electron chi connectivity index (χ4n) is 3.83. The van der Waals surface area contributed by atoms with Crippen LogP contribution in [0.15, 0.2) is 29.2 Å². The van der Waals surface area contributed by atoms with Crippen LogP contribution in [0.1, 0.15) is 51.5 Å². The molecule has 0 unspecified atom stereocenters. The first-order chi connectivity index (χ1) is 14.1. The van der Waals surface area contributed by atoms with Crippen molar-refractivity contribution in [2.45, 2.75) is 69.2 Å². The Labute approximate surface area is 178 Å². The molecule has 1 aliphatic rings. The number of halogens is 3. The first-order valence-corrected chi connectivity index (χ1v) is 12.0. The van der Waals surface area contributed by atoms with Crippen molar-refractivity contribution in [3.05, 3.63) is 29.8 Å². The van der Waals surface area contributed by atoms with Gasteiger partial charge in [-0.2, -0.15) is 17.5 Å². The van der Waals surface area contributed by atoms with Crippen molar-refractivity contribution >= 4 is 10.0 Å². The van der Waals surface area contributed by atoms with Crippen LogP contribution < -0.4 is 0 Å². The van der Waals surface area contributed by atoms with Gasteiger partial charge in [0.05, 0.1) is 16.6 Å². The normalized spacial score (nSPS) is 20.8. The number of hydrogen-bond donors (Lipinski definition) is 0. The second-order valence-corrected chi connectivity index (χ2v) is 9.72. The summed E-state index contributed by atoms with van der Waals surface area (Å²) in [6.07, 6.45) is -0.457. The molecule has 2 rings (SSSR count). The number of benzene rings is 1. The van der Waals surface area contributed by atoms with Gasteiger partial charge in [0.2, 0.25) is 10.0 Å². The van der Waals surface area contributed by atoms with E-state index in [2.05, 4.69) is 18.7 Å². The average Bonchev–Trinajstić information content (AvgIpc) is 2.73. The summed E-state index contributed by atoms with van der Waals surface area (Å²) in [4.78, 5) is 2.23. The molecule has 1 aliphatic carbocycles. The lowest BCUT2D eigenvalue weighted by molar-refractivity contribution is -0.137. The van der Waals surface area contributed by atoms with Crippen LogP contribution in [-0.2, 0) is 20.9 Å². The van der Waals surface area contributed by atoms with Crippen LogP contribution in [0.5, 0.6) is 0 Å². The minimum absolute atomic E-state index is 0.118. The first-order valence-electron chi connectivity index (χ1n) is 10.6. The van der Waals surface area contributed by atoms with Gasteiger partial charge in [0.25, 0.3) is 0 Å². The Hall–Kier alpha value is -1.16. The molecule has 1 fully saturated rings. The molecule has 9 heteroatoms. The average molecular weight is 451 g/mol. The van der Waals surface area contributed by atoms with Gasteiger partial charge >= 0.3 is 6.18 Å². The van der Waals surface area contributed by atoms with Gasteiger partial charge in [-0.05, 0) is 69.5 Å². The Morgan fingerprint density at radius 2 is 1.60 bits per heavy atom. The predicted octanol–water partition coefficient (Wildman–Crippen LogP) is 4.39. The minimum atomic E-state index is -4.49. The molecule has 30 heavy (non-hydrogen) atoms. The molecule has 0 spiro atoms. The number of rotatable bonds is 10. The smallest absolute Gasteiger partial charge is 0.378 e. The molecule has 1 aromatic rings. The highest BCUT2D eigenvalue weighted by atomic mass is 32.2. The second-order valence-electron chi connectivity index (χ2n) is 7.73. The summed E-state index contributed by atoms with van der Waals surface area (Å²) in [5.41, 5.74) is -0.859. The van der Waals surface area contributed by atoms with E-state index in [0.29, 0.717) is 19.4 Å². The van der Waals surface area contributed by atoms with Crippen LogP contribution in [-0.4, -0.2) is 63.1 Å². The molecule has 0 aliphatic heterocycles. The molecule has 0 saturated heterocycles. The zero-order valence-electron chi connectivity index (χ0n) is 18.0.